The molecule has 2 atom stereocenters. The summed E-state index contributed by atoms with van der Waals surface area (Å²) in [6, 6.07) is 10.5. The Balaban J connectivity index is 1.56. The van der Waals surface area contributed by atoms with Gasteiger partial charge < -0.3 is 14.2 Å². The molecule has 4 rings (SSSR count). The van der Waals surface area contributed by atoms with Gasteiger partial charge in [-0.05, 0) is 44.4 Å². The van der Waals surface area contributed by atoms with E-state index in [1.54, 1.807) is 13.8 Å². The molecule has 2 aliphatic rings. The van der Waals surface area contributed by atoms with Crippen LogP contribution in [0.15, 0.2) is 48.6 Å². The minimum absolute atomic E-state index is 0.201. The van der Waals surface area contributed by atoms with Gasteiger partial charge in [0.2, 0.25) is 0 Å². The third-order valence-corrected chi connectivity index (χ3v) is 8.03. The number of halogens is 1. The largest absolute Gasteiger partial charge is 0.460 e. The Labute approximate surface area is 221 Å². The predicted molar refractivity (Wildman–Crippen MR) is 144 cm³/mol. The predicted octanol–water partition coefficient (Wildman–Crippen LogP) is 4.57. The minimum Gasteiger partial charge on any atom is -0.460 e. The number of aromatic nitrogens is 2. The summed E-state index contributed by atoms with van der Waals surface area (Å²) < 4.78 is 17.7. The standard InChI is InChI=1S/C28H34BrN3O4/c1-21-24(19-33)22(2)31-26(30-21)35-20-28(36-16-8-13-32-14-17-34-18-15-32)12-7-11-25(27(28,3)29)23-9-5-4-6-10-23/h4-7,9-12,19H,8,13-18,20H2,1-3H3. The number of carbonyl (C=O) groups is 1. The lowest BCUT2D eigenvalue weighted by atomic mass is 9.77. The first-order chi connectivity index (χ1) is 17.4. The van der Waals surface area contributed by atoms with Crippen molar-refractivity contribution in [1.82, 2.24) is 14.9 Å². The Hall–Kier alpha value is -2.39. The quantitative estimate of drug-likeness (QED) is 0.241. The van der Waals surface area contributed by atoms with E-state index in [2.05, 4.69) is 62.0 Å². The summed E-state index contributed by atoms with van der Waals surface area (Å²) >= 11 is 4.03. The molecule has 0 bridgehead atoms. The first-order valence-corrected chi connectivity index (χ1v) is 13.2. The molecule has 2 heterocycles. The van der Waals surface area contributed by atoms with Crippen LogP contribution in [0.4, 0.5) is 0 Å². The normalized spacial score (nSPS) is 24.4. The number of hydrogen-bond acceptors (Lipinski definition) is 7. The number of alkyl halides is 1. The Bertz CT molecular complexity index is 1090. The average molecular weight is 557 g/mol. The number of aldehydes is 1. The second-order valence-electron chi connectivity index (χ2n) is 9.35. The molecule has 0 amide bonds. The van der Waals surface area contributed by atoms with Gasteiger partial charge >= 0.3 is 6.01 Å². The molecular formula is C28H34BrN3O4. The molecule has 0 spiro atoms. The number of aryl methyl sites for hydroxylation is 2. The number of rotatable bonds is 10. The van der Waals surface area contributed by atoms with E-state index < -0.39 is 9.93 Å². The monoisotopic (exact) mass is 555 g/mol. The highest BCUT2D eigenvalue weighted by atomic mass is 79.9. The van der Waals surface area contributed by atoms with Crippen LogP contribution in [0, 0.1) is 13.8 Å². The molecule has 1 fully saturated rings. The van der Waals surface area contributed by atoms with Gasteiger partial charge in [0.15, 0.2) is 6.29 Å². The molecule has 8 heteroatoms. The number of nitrogens with zero attached hydrogens (tertiary/aromatic N) is 3. The van der Waals surface area contributed by atoms with Crippen LogP contribution in [0.3, 0.4) is 0 Å². The van der Waals surface area contributed by atoms with Crippen molar-refractivity contribution in [1.29, 1.82) is 0 Å². The molecule has 0 radical (unpaired) electrons. The number of hydrogen-bond donors (Lipinski definition) is 0. The first-order valence-electron chi connectivity index (χ1n) is 12.4. The fraction of sp³-hybridized carbons (Fsp3) is 0.464. The molecule has 1 saturated heterocycles. The topological polar surface area (TPSA) is 73.8 Å². The Morgan fingerprint density at radius 2 is 1.83 bits per heavy atom. The van der Waals surface area contributed by atoms with Crippen molar-refractivity contribution < 1.29 is 19.0 Å². The van der Waals surface area contributed by atoms with E-state index >= 15 is 0 Å². The molecule has 1 aliphatic heterocycles. The summed E-state index contributed by atoms with van der Waals surface area (Å²) in [6.07, 6.45) is 7.88. The van der Waals surface area contributed by atoms with Crippen LogP contribution in [0.1, 0.15) is 40.7 Å². The Kier molecular flexibility index (Phi) is 8.72. The molecular weight excluding hydrogens is 522 g/mol. The highest BCUT2D eigenvalue weighted by Crippen LogP contribution is 2.48. The van der Waals surface area contributed by atoms with Crippen LogP contribution in [-0.4, -0.2) is 77.1 Å². The van der Waals surface area contributed by atoms with Crippen LogP contribution < -0.4 is 4.74 Å². The van der Waals surface area contributed by atoms with Gasteiger partial charge in [-0.2, -0.15) is 9.97 Å². The lowest BCUT2D eigenvalue weighted by Gasteiger charge is -2.46. The average Bonchev–Trinajstić information content (AvgIpc) is 2.87. The molecule has 2 unspecified atom stereocenters. The maximum absolute atomic E-state index is 11.4. The highest BCUT2D eigenvalue weighted by Gasteiger charge is 2.51. The Morgan fingerprint density at radius 1 is 1.14 bits per heavy atom. The number of ether oxygens (including phenoxy) is 3. The van der Waals surface area contributed by atoms with Gasteiger partial charge in [-0.15, -0.1) is 0 Å². The van der Waals surface area contributed by atoms with Gasteiger partial charge in [-0.1, -0.05) is 58.4 Å². The van der Waals surface area contributed by atoms with Crippen molar-refractivity contribution in [3.63, 3.8) is 0 Å². The van der Waals surface area contributed by atoms with Crippen molar-refractivity contribution >= 4 is 27.8 Å². The Morgan fingerprint density at radius 3 is 2.50 bits per heavy atom. The smallest absolute Gasteiger partial charge is 0.316 e. The maximum Gasteiger partial charge on any atom is 0.316 e. The number of carbonyl (C=O) groups excluding carboxylic acids is 1. The zero-order valence-electron chi connectivity index (χ0n) is 21.2. The van der Waals surface area contributed by atoms with Crippen LogP contribution in [0.25, 0.3) is 5.57 Å². The zero-order chi connectivity index (χ0) is 25.6. The van der Waals surface area contributed by atoms with Gasteiger partial charge in [-0.25, -0.2) is 0 Å². The summed E-state index contributed by atoms with van der Waals surface area (Å²) in [6.45, 7) is 10.9. The van der Waals surface area contributed by atoms with Gasteiger partial charge in [0.25, 0.3) is 0 Å². The minimum atomic E-state index is -0.813. The van der Waals surface area contributed by atoms with E-state index in [-0.39, 0.29) is 12.6 Å². The van der Waals surface area contributed by atoms with Gasteiger partial charge in [0.05, 0.1) is 34.5 Å². The molecule has 192 valence electrons. The van der Waals surface area contributed by atoms with Crippen molar-refractivity contribution in [3.05, 3.63) is 71.1 Å². The van der Waals surface area contributed by atoms with Crippen molar-refractivity contribution in [3.8, 4) is 6.01 Å². The van der Waals surface area contributed by atoms with Gasteiger partial charge in [0.1, 0.15) is 12.2 Å². The maximum atomic E-state index is 11.4. The van der Waals surface area contributed by atoms with Crippen molar-refractivity contribution in [2.45, 2.75) is 37.1 Å². The third kappa shape index (κ3) is 5.78. The van der Waals surface area contributed by atoms with Gasteiger partial charge in [0, 0.05) is 26.2 Å². The lowest BCUT2D eigenvalue weighted by molar-refractivity contribution is -0.0546. The zero-order valence-corrected chi connectivity index (χ0v) is 22.8. The summed E-state index contributed by atoms with van der Waals surface area (Å²) in [5.41, 5.74) is 3.09. The van der Waals surface area contributed by atoms with E-state index in [1.807, 2.05) is 24.3 Å². The first kappa shape index (κ1) is 26.7. The molecule has 1 aromatic heterocycles. The van der Waals surface area contributed by atoms with E-state index in [9.17, 15) is 4.79 Å². The second kappa shape index (κ2) is 11.8. The summed E-state index contributed by atoms with van der Waals surface area (Å²) in [7, 11) is 0. The number of benzene rings is 1. The molecule has 36 heavy (non-hydrogen) atoms. The second-order valence-corrected chi connectivity index (χ2v) is 10.9. The third-order valence-electron chi connectivity index (χ3n) is 6.94. The summed E-state index contributed by atoms with van der Waals surface area (Å²) in [5.74, 6) is 0. The van der Waals surface area contributed by atoms with Crippen LogP contribution in [0.2, 0.25) is 0 Å². The van der Waals surface area contributed by atoms with Crippen LogP contribution in [-0.2, 0) is 9.47 Å². The van der Waals surface area contributed by atoms with Crippen LogP contribution in [0.5, 0.6) is 6.01 Å². The molecule has 2 aromatic rings. The lowest BCUT2D eigenvalue weighted by Crippen LogP contribution is -2.55. The van der Waals surface area contributed by atoms with E-state index in [0.717, 1.165) is 56.7 Å². The molecule has 7 nitrogen and oxygen atoms in total. The SMILES string of the molecule is Cc1nc(OCC2(OCCCN3CCOCC3)C=CC=C(c3ccccc3)C2(C)Br)nc(C)c1C=O. The van der Waals surface area contributed by atoms with E-state index in [0.29, 0.717) is 23.6 Å². The number of morpholine rings is 1. The molecule has 0 saturated carbocycles. The van der Waals surface area contributed by atoms with Crippen molar-refractivity contribution in [2.24, 2.45) is 0 Å². The highest BCUT2D eigenvalue weighted by molar-refractivity contribution is 9.10. The fourth-order valence-corrected chi connectivity index (χ4v) is 5.43. The molecule has 1 aliphatic carbocycles. The van der Waals surface area contributed by atoms with Crippen LogP contribution >= 0.6 is 15.9 Å². The van der Waals surface area contributed by atoms with Crippen molar-refractivity contribution in [2.75, 3.05) is 46.1 Å². The number of allylic oxidation sites excluding steroid dienone is 2. The fourth-order valence-electron chi connectivity index (χ4n) is 4.70. The summed E-state index contributed by atoms with van der Waals surface area (Å²) in [4.78, 5) is 22.6. The summed E-state index contributed by atoms with van der Waals surface area (Å²) in [5, 5.41) is 0. The molecule has 0 N–H and O–H groups in total. The van der Waals surface area contributed by atoms with E-state index in [1.165, 1.54) is 0 Å². The molecule has 1 aromatic carbocycles. The van der Waals surface area contributed by atoms with E-state index in [4.69, 9.17) is 14.2 Å². The van der Waals surface area contributed by atoms with Gasteiger partial charge in [-0.3, -0.25) is 9.69 Å².